The lowest BCUT2D eigenvalue weighted by Gasteiger charge is -2.45. The number of ether oxygens (including phenoxy) is 2. The van der Waals surface area contributed by atoms with E-state index < -0.39 is 59.9 Å². The van der Waals surface area contributed by atoms with Crippen molar-refractivity contribution in [2.75, 3.05) is 13.1 Å². The van der Waals surface area contributed by atoms with Crippen LogP contribution in [0.3, 0.4) is 0 Å². The number of hydrogen-bond donors (Lipinski definition) is 5. The van der Waals surface area contributed by atoms with Crippen molar-refractivity contribution in [2.45, 2.75) is 97.3 Å². The van der Waals surface area contributed by atoms with Gasteiger partial charge in [-0.25, -0.2) is 14.4 Å². The van der Waals surface area contributed by atoms with Gasteiger partial charge in [0.25, 0.3) is 0 Å². The minimum Gasteiger partial charge on any atom is -0.479 e. The van der Waals surface area contributed by atoms with E-state index in [0.29, 0.717) is 0 Å². The quantitative estimate of drug-likeness (QED) is 0.301. The Kier molecular flexibility index (Phi) is 10.6. The average Bonchev–Trinajstić information content (AvgIpc) is 2.66. The van der Waals surface area contributed by atoms with Crippen LogP contribution in [0.15, 0.2) is 0 Å². The van der Waals surface area contributed by atoms with Crippen molar-refractivity contribution in [1.82, 2.24) is 15.5 Å². The first-order valence-electron chi connectivity index (χ1n) is 12.1. The Labute approximate surface area is 213 Å². The second-order valence-corrected chi connectivity index (χ2v) is 11.7. The second kappa shape index (κ2) is 12.1. The molecular formula is C23H42BN3O9. The molecule has 13 heteroatoms. The van der Waals surface area contributed by atoms with Crippen LogP contribution in [0.1, 0.15) is 68.2 Å². The standard InChI is InChI=1S/C23H42BN3O9/c1-14(2)16(25-19(31)35-21(3,4)5)17(28)27-12-15(9-10-24(33)34)11-23(13-27,18(29)30)26-20(32)36-22(6,7)8/h14-16,33-34H,9-13H2,1-8H3,(H,25,31)(H,26,32)(H,29,30)/t15-,16-,23+/m0/s1. The molecule has 5 N–H and O–H groups in total. The molecule has 1 fully saturated rings. The van der Waals surface area contributed by atoms with Crippen LogP contribution < -0.4 is 10.6 Å². The van der Waals surface area contributed by atoms with Crippen LogP contribution in [-0.2, 0) is 19.1 Å². The molecule has 0 radical (unpaired) electrons. The van der Waals surface area contributed by atoms with E-state index in [-0.39, 0.29) is 38.2 Å². The van der Waals surface area contributed by atoms with E-state index in [9.17, 15) is 34.3 Å². The number of carboxylic acids is 1. The summed E-state index contributed by atoms with van der Waals surface area (Å²) in [6.45, 7) is 13.2. The van der Waals surface area contributed by atoms with Crippen LogP contribution in [0.5, 0.6) is 0 Å². The van der Waals surface area contributed by atoms with E-state index in [1.54, 1.807) is 55.4 Å². The first kappa shape index (κ1) is 31.5. The zero-order valence-corrected chi connectivity index (χ0v) is 22.6. The van der Waals surface area contributed by atoms with Crippen molar-refractivity contribution in [1.29, 1.82) is 0 Å². The first-order valence-corrected chi connectivity index (χ1v) is 12.1. The number of nitrogens with zero attached hydrogens (tertiary/aromatic N) is 1. The molecule has 1 saturated heterocycles. The maximum atomic E-state index is 13.6. The van der Waals surface area contributed by atoms with Crippen LogP contribution in [-0.4, -0.2) is 87.1 Å². The monoisotopic (exact) mass is 515 g/mol. The number of amides is 3. The van der Waals surface area contributed by atoms with Crippen molar-refractivity contribution < 1.29 is 43.8 Å². The topological polar surface area (TPSA) is 175 Å². The highest BCUT2D eigenvalue weighted by Crippen LogP contribution is 2.31. The van der Waals surface area contributed by atoms with Gasteiger partial charge in [-0.05, 0) is 66.1 Å². The van der Waals surface area contributed by atoms with Gasteiger partial charge in [-0.1, -0.05) is 20.3 Å². The van der Waals surface area contributed by atoms with E-state index in [1.165, 1.54) is 4.90 Å². The van der Waals surface area contributed by atoms with Gasteiger partial charge in [0.15, 0.2) is 5.54 Å². The molecule has 1 aliphatic rings. The maximum Gasteiger partial charge on any atom is 0.451 e. The van der Waals surface area contributed by atoms with Crippen molar-refractivity contribution >= 4 is 31.2 Å². The predicted molar refractivity (Wildman–Crippen MR) is 132 cm³/mol. The van der Waals surface area contributed by atoms with Gasteiger partial charge in [0, 0.05) is 6.54 Å². The first-order chi connectivity index (χ1) is 16.2. The maximum absolute atomic E-state index is 13.6. The van der Waals surface area contributed by atoms with E-state index in [4.69, 9.17) is 9.47 Å². The van der Waals surface area contributed by atoms with Crippen molar-refractivity contribution in [3.8, 4) is 0 Å². The molecule has 1 heterocycles. The summed E-state index contributed by atoms with van der Waals surface area (Å²) in [7, 11) is -1.61. The molecule has 0 unspecified atom stereocenters. The number of nitrogens with one attached hydrogen (secondary N) is 2. The largest absolute Gasteiger partial charge is 0.479 e. The Hall–Kier alpha value is -2.54. The summed E-state index contributed by atoms with van der Waals surface area (Å²) in [5, 5.41) is 33.8. The van der Waals surface area contributed by atoms with Gasteiger partial charge in [0.1, 0.15) is 17.2 Å². The molecule has 0 aliphatic carbocycles. The normalized spacial score (nSPS) is 21.4. The molecule has 12 nitrogen and oxygen atoms in total. The summed E-state index contributed by atoms with van der Waals surface area (Å²) in [5.41, 5.74) is -3.55. The number of likely N-dealkylation sites (tertiary alicyclic amines) is 1. The number of aliphatic carboxylic acids is 1. The van der Waals surface area contributed by atoms with Crippen molar-refractivity contribution in [3.63, 3.8) is 0 Å². The SMILES string of the molecule is CC(C)[C@H](NC(=O)OC(C)(C)C)C(=O)N1C[C@@H](CCB(O)O)C[C@](NC(=O)OC(C)(C)C)(C(=O)O)C1. The lowest BCUT2D eigenvalue weighted by molar-refractivity contribution is -0.152. The molecule has 3 amide bonds. The van der Waals surface area contributed by atoms with E-state index in [2.05, 4.69) is 10.6 Å². The minimum absolute atomic E-state index is 0.0431. The summed E-state index contributed by atoms with van der Waals surface area (Å²) >= 11 is 0. The third kappa shape index (κ3) is 10.2. The number of piperidine rings is 1. The molecule has 206 valence electrons. The van der Waals surface area contributed by atoms with Gasteiger partial charge in [-0.15, -0.1) is 0 Å². The van der Waals surface area contributed by atoms with Crippen LogP contribution in [0.2, 0.25) is 6.32 Å². The average molecular weight is 515 g/mol. The van der Waals surface area contributed by atoms with Crippen LogP contribution in [0, 0.1) is 11.8 Å². The summed E-state index contributed by atoms with van der Waals surface area (Å²) < 4.78 is 10.5. The molecule has 0 aromatic carbocycles. The summed E-state index contributed by atoms with van der Waals surface area (Å²) in [6, 6.07) is -1.02. The molecule has 3 atom stereocenters. The Morgan fingerprint density at radius 1 is 1.03 bits per heavy atom. The van der Waals surface area contributed by atoms with Gasteiger partial charge in [-0.2, -0.15) is 0 Å². The predicted octanol–water partition coefficient (Wildman–Crippen LogP) is 1.60. The number of carboxylic acid groups (broad SMARTS) is 1. The summed E-state index contributed by atoms with van der Waals surface area (Å²) in [6.07, 6.45) is -1.64. The van der Waals surface area contributed by atoms with Crippen LogP contribution in [0.25, 0.3) is 0 Å². The van der Waals surface area contributed by atoms with Gasteiger partial charge in [0.2, 0.25) is 5.91 Å². The molecule has 36 heavy (non-hydrogen) atoms. The number of hydrogen-bond acceptors (Lipinski definition) is 8. The highest BCUT2D eigenvalue weighted by Gasteiger charge is 2.50. The Balaban J connectivity index is 3.28. The third-order valence-corrected chi connectivity index (χ3v) is 5.48. The lowest BCUT2D eigenvalue weighted by Crippen LogP contribution is -2.68. The van der Waals surface area contributed by atoms with Gasteiger partial charge >= 0.3 is 25.3 Å². The zero-order valence-electron chi connectivity index (χ0n) is 22.6. The number of carbonyl (C=O) groups excluding carboxylic acids is 3. The second-order valence-electron chi connectivity index (χ2n) is 11.7. The fourth-order valence-corrected chi connectivity index (χ4v) is 4.01. The van der Waals surface area contributed by atoms with E-state index in [1.807, 2.05) is 0 Å². The van der Waals surface area contributed by atoms with Crippen LogP contribution >= 0.6 is 0 Å². The molecule has 0 spiro atoms. The molecule has 1 rings (SSSR count). The third-order valence-electron chi connectivity index (χ3n) is 5.48. The summed E-state index contributed by atoms with van der Waals surface area (Å²) in [4.78, 5) is 52.3. The van der Waals surface area contributed by atoms with E-state index >= 15 is 0 Å². The van der Waals surface area contributed by atoms with Gasteiger partial charge in [0.05, 0.1) is 6.54 Å². The van der Waals surface area contributed by atoms with Gasteiger partial charge < -0.3 is 40.2 Å². The molecule has 0 aromatic rings. The van der Waals surface area contributed by atoms with E-state index in [0.717, 1.165) is 0 Å². The number of rotatable bonds is 8. The highest BCUT2D eigenvalue weighted by atomic mass is 16.6. The molecule has 1 aliphatic heterocycles. The number of alkyl carbamates (subject to hydrolysis) is 2. The minimum atomic E-state index is -1.88. The Morgan fingerprint density at radius 3 is 2.00 bits per heavy atom. The highest BCUT2D eigenvalue weighted by molar-refractivity contribution is 6.40. The molecule has 0 bridgehead atoms. The van der Waals surface area contributed by atoms with Crippen molar-refractivity contribution in [3.05, 3.63) is 0 Å². The Morgan fingerprint density at radius 2 is 1.56 bits per heavy atom. The molecular weight excluding hydrogens is 473 g/mol. The summed E-state index contributed by atoms with van der Waals surface area (Å²) in [5.74, 6) is -2.74. The lowest BCUT2D eigenvalue weighted by atomic mass is 9.74. The zero-order chi connectivity index (χ0) is 28.1. The smallest absolute Gasteiger partial charge is 0.451 e. The molecule has 0 aromatic heterocycles. The fraction of sp³-hybridized carbons (Fsp3) is 0.826. The number of carbonyl (C=O) groups is 4. The molecule has 0 saturated carbocycles. The van der Waals surface area contributed by atoms with Crippen LogP contribution in [0.4, 0.5) is 9.59 Å². The fourth-order valence-electron chi connectivity index (χ4n) is 4.01. The van der Waals surface area contributed by atoms with Crippen molar-refractivity contribution in [2.24, 2.45) is 11.8 Å². The Bertz CT molecular complexity index is 808. The van der Waals surface area contributed by atoms with Gasteiger partial charge in [-0.3, -0.25) is 4.79 Å².